The minimum Gasteiger partial charge on any atom is -0.497 e. The van der Waals surface area contributed by atoms with Crippen LogP contribution in [-0.2, 0) is 11.3 Å². The van der Waals surface area contributed by atoms with Crippen molar-refractivity contribution in [3.63, 3.8) is 0 Å². The van der Waals surface area contributed by atoms with E-state index in [2.05, 4.69) is 4.99 Å². The SMILES string of the molecule is COc1ccc(Cn2c(O)c(C3=c4ccccc4=NC3=O)sc2=S)cc1. The molecule has 7 heteroatoms. The van der Waals surface area contributed by atoms with Crippen molar-refractivity contribution in [1.29, 1.82) is 0 Å². The van der Waals surface area contributed by atoms with Gasteiger partial charge in [0.2, 0.25) is 5.88 Å². The molecule has 1 N–H and O–H groups in total. The lowest BCUT2D eigenvalue weighted by Crippen LogP contribution is -2.22. The van der Waals surface area contributed by atoms with Crippen LogP contribution >= 0.6 is 23.6 Å². The van der Waals surface area contributed by atoms with E-state index in [1.54, 1.807) is 17.7 Å². The van der Waals surface area contributed by atoms with Gasteiger partial charge in [-0.2, -0.15) is 0 Å². The molecule has 1 aliphatic heterocycles. The molecule has 0 saturated heterocycles. The maximum Gasteiger partial charge on any atom is 0.279 e. The van der Waals surface area contributed by atoms with E-state index >= 15 is 0 Å². The maximum absolute atomic E-state index is 12.4. The van der Waals surface area contributed by atoms with Gasteiger partial charge >= 0.3 is 0 Å². The lowest BCUT2D eigenvalue weighted by atomic mass is 10.1. The van der Waals surface area contributed by atoms with E-state index in [9.17, 15) is 9.90 Å². The third kappa shape index (κ3) is 2.75. The number of fused-ring (bicyclic) bond motifs is 1. The van der Waals surface area contributed by atoms with Gasteiger partial charge in [0.05, 0.1) is 24.6 Å². The van der Waals surface area contributed by atoms with Crippen LogP contribution in [0, 0.1) is 3.95 Å². The molecule has 2 aromatic carbocycles. The molecule has 1 aromatic heterocycles. The molecular formula is C19H14N2O3S2. The molecule has 4 rings (SSSR count). The number of thiazole rings is 1. The Bertz CT molecular complexity index is 1190. The number of nitrogens with zero attached hydrogens (tertiary/aromatic N) is 2. The van der Waals surface area contributed by atoms with Gasteiger partial charge in [0.1, 0.15) is 10.6 Å². The van der Waals surface area contributed by atoms with Crippen molar-refractivity contribution in [1.82, 2.24) is 4.57 Å². The first kappa shape index (κ1) is 16.7. The van der Waals surface area contributed by atoms with Crippen molar-refractivity contribution in [2.45, 2.75) is 6.54 Å². The molecule has 0 aliphatic carbocycles. The van der Waals surface area contributed by atoms with Gasteiger partial charge in [-0.3, -0.25) is 9.36 Å². The lowest BCUT2D eigenvalue weighted by molar-refractivity contribution is -0.112. The monoisotopic (exact) mass is 382 g/mol. The zero-order chi connectivity index (χ0) is 18.3. The molecule has 26 heavy (non-hydrogen) atoms. The van der Waals surface area contributed by atoms with Crippen LogP contribution in [0.15, 0.2) is 53.5 Å². The first-order chi connectivity index (χ1) is 12.6. The van der Waals surface area contributed by atoms with E-state index in [4.69, 9.17) is 17.0 Å². The summed E-state index contributed by atoms with van der Waals surface area (Å²) in [5.74, 6) is 0.401. The molecule has 0 radical (unpaired) electrons. The Morgan fingerprint density at radius 2 is 1.92 bits per heavy atom. The van der Waals surface area contributed by atoms with Crippen molar-refractivity contribution in [3.8, 4) is 11.6 Å². The fraction of sp³-hybridized carbons (Fsp3) is 0.105. The number of amides is 1. The highest BCUT2D eigenvalue weighted by atomic mass is 32.1. The van der Waals surface area contributed by atoms with Crippen LogP contribution in [-0.4, -0.2) is 22.7 Å². The Labute approximate surface area is 158 Å². The van der Waals surface area contributed by atoms with Crippen LogP contribution in [0.1, 0.15) is 10.4 Å². The predicted octanol–water partition coefficient (Wildman–Crippen LogP) is 2.40. The predicted molar refractivity (Wildman–Crippen MR) is 102 cm³/mol. The second-order valence-corrected chi connectivity index (χ2v) is 7.41. The van der Waals surface area contributed by atoms with Crippen molar-refractivity contribution in [3.05, 3.63) is 73.5 Å². The number of hydrogen-bond donors (Lipinski definition) is 1. The second kappa shape index (κ2) is 6.51. The summed E-state index contributed by atoms with van der Waals surface area (Å²) in [6.45, 7) is 0.408. The van der Waals surface area contributed by atoms with Gasteiger partial charge in [0.15, 0.2) is 3.95 Å². The molecule has 0 atom stereocenters. The Morgan fingerprint density at radius 3 is 2.65 bits per heavy atom. The van der Waals surface area contributed by atoms with Gasteiger partial charge in [-0.05, 0) is 36.0 Å². The van der Waals surface area contributed by atoms with Crippen LogP contribution in [0.25, 0.3) is 5.57 Å². The third-order valence-electron chi connectivity index (χ3n) is 4.20. The van der Waals surface area contributed by atoms with Crippen molar-refractivity contribution in [2.75, 3.05) is 7.11 Å². The highest BCUT2D eigenvalue weighted by Gasteiger charge is 2.25. The molecule has 2 heterocycles. The van der Waals surface area contributed by atoms with Gasteiger partial charge in [0, 0.05) is 5.22 Å². The molecule has 0 bridgehead atoms. The summed E-state index contributed by atoms with van der Waals surface area (Å²) in [6, 6.07) is 14.8. The molecule has 0 fully saturated rings. The second-order valence-electron chi connectivity index (χ2n) is 5.76. The largest absolute Gasteiger partial charge is 0.497 e. The van der Waals surface area contributed by atoms with E-state index in [-0.39, 0.29) is 11.8 Å². The van der Waals surface area contributed by atoms with Crippen LogP contribution in [0.2, 0.25) is 0 Å². The van der Waals surface area contributed by atoms with Crippen LogP contribution in [0.4, 0.5) is 0 Å². The number of aromatic hydroxyl groups is 1. The minimum absolute atomic E-state index is 0.00827. The third-order valence-corrected chi connectivity index (χ3v) is 5.66. The summed E-state index contributed by atoms with van der Waals surface area (Å²) in [5.41, 5.74) is 1.37. The number of aromatic nitrogens is 1. The fourth-order valence-corrected chi connectivity index (χ4v) is 4.23. The standard InChI is InChI=1S/C19H14N2O3S2/c1-24-12-8-6-11(7-9-12)10-21-18(23)16(26-19(21)25)15-13-4-2-3-5-14(13)20-17(15)22/h2-9,23H,10H2,1H3. The van der Waals surface area contributed by atoms with Crippen molar-refractivity contribution >= 4 is 35.0 Å². The topological polar surface area (TPSA) is 63.8 Å². The normalized spacial score (nSPS) is 12.8. The van der Waals surface area contributed by atoms with E-state index in [1.807, 2.05) is 42.5 Å². The Morgan fingerprint density at radius 1 is 1.19 bits per heavy atom. The minimum atomic E-state index is -0.352. The highest BCUT2D eigenvalue weighted by Crippen LogP contribution is 2.33. The molecule has 0 unspecified atom stereocenters. The average Bonchev–Trinajstić information content (AvgIpc) is 3.12. The molecule has 0 spiro atoms. The molecule has 1 aliphatic rings. The summed E-state index contributed by atoms with van der Waals surface area (Å²) in [6.07, 6.45) is 0. The average molecular weight is 382 g/mol. The van der Waals surface area contributed by atoms with Crippen LogP contribution in [0.5, 0.6) is 11.6 Å². The summed E-state index contributed by atoms with van der Waals surface area (Å²) in [5, 5.41) is 12.1. The molecule has 0 saturated carbocycles. The zero-order valence-electron chi connectivity index (χ0n) is 13.8. The number of hydrogen-bond acceptors (Lipinski definition) is 5. The van der Waals surface area contributed by atoms with Gasteiger partial charge < -0.3 is 9.84 Å². The van der Waals surface area contributed by atoms with Crippen LogP contribution < -0.4 is 15.3 Å². The molecule has 3 aromatic rings. The fourth-order valence-electron chi connectivity index (χ4n) is 2.90. The molecule has 130 valence electrons. The lowest BCUT2D eigenvalue weighted by Gasteiger charge is -2.07. The van der Waals surface area contributed by atoms with E-state index in [0.717, 1.165) is 16.5 Å². The summed E-state index contributed by atoms with van der Waals surface area (Å²) in [7, 11) is 1.61. The molecule has 1 amide bonds. The molecular weight excluding hydrogens is 368 g/mol. The Kier molecular flexibility index (Phi) is 4.18. The quantitative estimate of drug-likeness (QED) is 0.704. The van der Waals surface area contributed by atoms with E-state index < -0.39 is 0 Å². The number of carbonyl (C=O) groups is 1. The highest BCUT2D eigenvalue weighted by molar-refractivity contribution is 7.73. The van der Waals surface area contributed by atoms with E-state index in [0.29, 0.717) is 26.3 Å². The number of para-hydroxylation sites is 1. The summed E-state index contributed by atoms with van der Waals surface area (Å²) in [4.78, 5) is 16.9. The van der Waals surface area contributed by atoms with Gasteiger partial charge in [-0.1, -0.05) is 30.3 Å². The van der Waals surface area contributed by atoms with Crippen molar-refractivity contribution in [2.24, 2.45) is 4.99 Å². The number of ether oxygens (including phenoxy) is 1. The number of benzene rings is 2. The molecule has 5 nitrogen and oxygen atoms in total. The summed E-state index contributed by atoms with van der Waals surface area (Å²) < 4.78 is 7.28. The van der Waals surface area contributed by atoms with Gasteiger partial charge in [-0.15, -0.1) is 11.3 Å². The Balaban J connectivity index is 1.80. The smallest absolute Gasteiger partial charge is 0.279 e. The van der Waals surface area contributed by atoms with Crippen molar-refractivity contribution < 1.29 is 14.6 Å². The number of rotatable bonds is 4. The first-order valence-electron chi connectivity index (χ1n) is 7.87. The number of methoxy groups -OCH3 is 1. The zero-order valence-corrected chi connectivity index (χ0v) is 15.4. The van der Waals surface area contributed by atoms with Gasteiger partial charge in [-0.25, -0.2) is 4.99 Å². The van der Waals surface area contributed by atoms with Gasteiger partial charge in [0.25, 0.3) is 5.91 Å². The Hall–Kier alpha value is -2.77. The maximum atomic E-state index is 12.4. The van der Waals surface area contributed by atoms with E-state index in [1.165, 1.54) is 11.3 Å². The number of carbonyl (C=O) groups excluding carboxylic acids is 1. The first-order valence-corrected chi connectivity index (χ1v) is 9.09. The van der Waals surface area contributed by atoms with Crippen LogP contribution in [0.3, 0.4) is 0 Å². The summed E-state index contributed by atoms with van der Waals surface area (Å²) >= 11 is 6.64.